The van der Waals surface area contributed by atoms with Gasteiger partial charge in [-0.2, -0.15) is 5.26 Å². The Bertz CT molecular complexity index is 660. The minimum atomic E-state index is -0.541. The third-order valence-electron chi connectivity index (χ3n) is 2.22. The predicted octanol–water partition coefficient (Wildman–Crippen LogP) is 1.08. The van der Waals surface area contributed by atoms with E-state index in [9.17, 15) is 14.9 Å². The highest BCUT2D eigenvalue weighted by atomic mass is 16.6. The largest absolute Gasteiger partial charge is 0.339 e. The van der Waals surface area contributed by atoms with Crippen LogP contribution in [0.2, 0.25) is 0 Å². The molecule has 0 saturated carbocycles. The maximum absolute atomic E-state index is 11.2. The third kappa shape index (κ3) is 1.91. The van der Waals surface area contributed by atoms with Crippen molar-refractivity contribution in [2.45, 2.75) is 0 Å². The average molecular weight is 230 g/mol. The first-order valence-corrected chi connectivity index (χ1v) is 4.58. The van der Waals surface area contributed by atoms with Crippen LogP contribution >= 0.6 is 0 Å². The van der Waals surface area contributed by atoms with Gasteiger partial charge < -0.3 is 4.98 Å². The summed E-state index contributed by atoms with van der Waals surface area (Å²) in [7, 11) is 0. The molecule has 0 spiro atoms. The average Bonchev–Trinajstić information content (AvgIpc) is 2.70. The number of H-pyrrole nitrogens is 1. The number of aromatic nitrogens is 2. The fourth-order valence-electron chi connectivity index (χ4n) is 1.38. The molecule has 0 aliphatic carbocycles. The molecule has 0 atom stereocenters. The number of hydrogen-bond acceptors (Lipinski definition) is 4. The molecule has 0 saturated heterocycles. The highest BCUT2D eigenvalue weighted by Gasteiger charge is 2.08. The number of nitrogens with zero attached hydrogens (tertiary/aromatic N) is 3. The fraction of sp³-hybridized carbons (Fsp3) is 0. The van der Waals surface area contributed by atoms with Crippen molar-refractivity contribution in [3.63, 3.8) is 0 Å². The van der Waals surface area contributed by atoms with Gasteiger partial charge in [-0.05, 0) is 12.1 Å². The molecule has 0 fully saturated rings. The number of non-ortho nitro benzene ring substituents is 1. The lowest BCUT2D eigenvalue weighted by molar-refractivity contribution is -0.384. The van der Waals surface area contributed by atoms with E-state index in [1.807, 2.05) is 0 Å². The number of nitriles is 1. The second-order valence-corrected chi connectivity index (χ2v) is 3.25. The van der Waals surface area contributed by atoms with E-state index in [-0.39, 0.29) is 5.69 Å². The van der Waals surface area contributed by atoms with E-state index in [4.69, 9.17) is 5.26 Å². The Hall–Kier alpha value is -2.88. The monoisotopic (exact) mass is 230 g/mol. The molecule has 1 aromatic heterocycles. The highest BCUT2D eigenvalue weighted by Crippen LogP contribution is 2.19. The van der Waals surface area contributed by atoms with Crippen molar-refractivity contribution in [2.24, 2.45) is 0 Å². The zero-order valence-corrected chi connectivity index (χ0v) is 8.45. The summed E-state index contributed by atoms with van der Waals surface area (Å²) in [5.41, 5.74) is 0.463. The van der Waals surface area contributed by atoms with Crippen LogP contribution in [-0.2, 0) is 0 Å². The number of nitro benzene ring substituents is 1. The van der Waals surface area contributed by atoms with Gasteiger partial charge >= 0.3 is 5.69 Å². The van der Waals surface area contributed by atoms with Crippen molar-refractivity contribution in [1.82, 2.24) is 9.55 Å². The summed E-state index contributed by atoms with van der Waals surface area (Å²) >= 11 is 0. The molecule has 0 amide bonds. The number of imidazole rings is 1. The number of benzene rings is 1. The van der Waals surface area contributed by atoms with Gasteiger partial charge in [0.2, 0.25) is 0 Å². The highest BCUT2D eigenvalue weighted by molar-refractivity contribution is 5.60. The molecular formula is C10H6N4O3. The van der Waals surface area contributed by atoms with Gasteiger partial charge in [0.25, 0.3) is 5.69 Å². The molecule has 84 valence electrons. The van der Waals surface area contributed by atoms with Crippen LogP contribution < -0.4 is 5.69 Å². The normalized spacial score (nSPS) is 9.82. The Morgan fingerprint density at radius 2 is 2.00 bits per heavy atom. The molecule has 1 N–H and O–H groups in total. The van der Waals surface area contributed by atoms with Crippen molar-refractivity contribution in [3.05, 3.63) is 51.1 Å². The molecule has 0 unspecified atom stereocenters. The molecule has 0 aliphatic heterocycles. The van der Waals surface area contributed by atoms with Crippen LogP contribution in [0.5, 0.6) is 0 Å². The lowest BCUT2D eigenvalue weighted by Crippen LogP contribution is -2.11. The second-order valence-electron chi connectivity index (χ2n) is 3.25. The number of rotatable bonds is 2. The van der Waals surface area contributed by atoms with Crippen LogP contribution in [-0.4, -0.2) is 14.5 Å². The molecule has 2 rings (SSSR count). The Balaban J connectivity index is 2.44. The first-order chi connectivity index (χ1) is 8.11. The van der Waals surface area contributed by atoms with Gasteiger partial charge in [0.05, 0.1) is 10.6 Å². The number of aromatic amines is 1. The van der Waals surface area contributed by atoms with E-state index in [1.165, 1.54) is 30.5 Å². The van der Waals surface area contributed by atoms with Crippen LogP contribution in [0.1, 0.15) is 0 Å². The molecule has 0 aliphatic rings. The van der Waals surface area contributed by atoms with Crippen molar-refractivity contribution in [2.75, 3.05) is 0 Å². The first-order valence-electron chi connectivity index (χ1n) is 4.58. The summed E-state index contributed by atoms with van der Waals surface area (Å²) in [6.45, 7) is 0. The van der Waals surface area contributed by atoms with E-state index < -0.39 is 10.6 Å². The Labute approximate surface area is 94.7 Å². The molecule has 0 bridgehead atoms. The zero-order chi connectivity index (χ0) is 12.4. The van der Waals surface area contributed by atoms with Gasteiger partial charge in [-0.25, -0.2) is 9.36 Å². The zero-order valence-electron chi connectivity index (χ0n) is 8.45. The fourth-order valence-corrected chi connectivity index (χ4v) is 1.38. The second kappa shape index (κ2) is 3.94. The SMILES string of the molecule is N#Cn1cc(-c2ccc([N+](=O)[O-])cc2)[nH]c1=O. The van der Waals surface area contributed by atoms with Crippen LogP contribution in [0.4, 0.5) is 5.69 Å². The van der Waals surface area contributed by atoms with Crippen LogP contribution in [0, 0.1) is 21.6 Å². The first kappa shape index (κ1) is 10.6. The lowest BCUT2D eigenvalue weighted by atomic mass is 10.1. The Morgan fingerprint density at radius 1 is 1.35 bits per heavy atom. The summed E-state index contributed by atoms with van der Waals surface area (Å²) in [5.74, 6) is 0. The van der Waals surface area contributed by atoms with Gasteiger partial charge in [0.1, 0.15) is 0 Å². The van der Waals surface area contributed by atoms with E-state index in [0.717, 1.165) is 4.57 Å². The predicted molar refractivity (Wildman–Crippen MR) is 58.2 cm³/mol. The minimum absolute atomic E-state index is 0.0317. The molecule has 2 aromatic rings. The molecule has 1 aromatic carbocycles. The van der Waals surface area contributed by atoms with Crippen molar-refractivity contribution >= 4 is 5.69 Å². The van der Waals surface area contributed by atoms with Gasteiger partial charge in [-0.1, -0.05) is 0 Å². The molecule has 1 heterocycles. The topological polar surface area (TPSA) is 105 Å². The summed E-state index contributed by atoms with van der Waals surface area (Å²) < 4.78 is 0.844. The van der Waals surface area contributed by atoms with Crippen LogP contribution in [0.3, 0.4) is 0 Å². The molecule has 0 radical (unpaired) electrons. The Morgan fingerprint density at radius 3 is 2.47 bits per heavy atom. The number of hydrogen-bond donors (Lipinski definition) is 1. The van der Waals surface area contributed by atoms with Crippen LogP contribution in [0.15, 0.2) is 35.3 Å². The van der Waals surface area contributed by atoms with E-state index in [1.54, 1.807) is 6.19 Å². The van der Waals surface area contributed by atoms with Crippen LogP contribution in [0.25, 0.3) is 11.3 Å². The standard InChI is InChI=1S/C10H6N4O3/c11-6-13-5-9(12-10(13)15)7-1-3-8(4-2-7)14(16)17/h1-5H,(H,12,15). The van der Waals surface area contributed by atoms with Crippen molar-refractivity contribution in [1.29, 1.82) is 5.26 Å². The maximum Gasteiger partial charge on any atom is 0.339 e. The molecule has 17 heavy (non-hydrogen) atoms. The third-order valence-corrected chi connectivity index (χ3v) is 2.22. The summed E-state index contributed by atoms with van der Waals surface area (Å²) in [5, 5.41) is 19.1. The van der Waals surface area contributed by atoms with Gasteiger partial charge in [0.15, 0.2) is 6.19 Å². The van der Waals surface area contributed by atoms with Crippen molar-refractivity contribution in [3.8, 4) is 17.5 Å². The Kier molecular flexibility index (Phi) is 2.46. The summed E-state index contributed by atoms with van der Waals surface area (Å²) in [4.78, 5) is 23.6. The number of nitrogens with one attached hydrogen (secondary N) is 1. The molecule has 7 heteroatoms. The van der Waals surface area contributed by atoms with Crippen molar-refractivity contribution < 1.29 is 4.92 Å². The van der Waals surface area contributed by atoms with E-state index in [2.05, 4.69) is 4.98 Å². The van der Waals surface area contributed by atoms with E-state index in [0.29, 0.717) is 11.3 Å². The van der Waals surface area contributed by atoms with Gasteiger partial charge in [0, 0.05) is 23.9 Å². The number of nitro groups is 1. The van der Waals surface area contributed by atoms with E-state index >= 15 is 0 Å². The van der Waals surface area contributed by atoms with Gasteiger partial charge in [-0.3, -0.25) is 10.1 Å². The smallest absolute Gasteiger partial charge is 0.305 e. The lowest BCUT2D eigenvalue weighted by Gasteiger charge is -1.95. The molecular weight excluding hydrogens is 224 g/mol. The minimum Gasteiger partial charge on any atom is -0.305 e. The van der Waals surface area contributed by atoms with Gasteiger partial charge in [-0.15, -0.1) is 0 Å². The summed E-state index contributed by atoms with van der Waals surface area (Å²) in [6.07, 6.45) is 3.02. The summed E-state index contributed by atoms with van der Waals surface area (Å²) in [6, 6.07) is 5.67. The maximum atomic E-state index is 11.2. The quantitative estimate of drug-likeness (QED) is 0.615. The molecule has 7 nitrogen and oxygen atoms in total.